The Labute approximate surface area is 92.1 Å². The molecule has 1 fully saturated rings. The maximum Gasteiger partial charge on any atom is 0.334 e. The molecule has 0 N–H and O–H groups in total. The molecule has 15 heavy (non-hydrogen) atoms. The predicted octanol–water partition coefficient (Wildman–Crippen LogP) is 1.98. The lowest BCUT2D eigenvalue weighted by Crippen LogP contribution is -2.39. The number of esters is 1. The van der Waals surface area contributed by atoms with Crippen LogP contribution in [0, 0.1) is 0 Å². The van der Waals surface area contributed by atoms with E-state index in [9.17, 15) is 4.79 Å². The van der Waals surface area contributed by atoms with Gasteiger partial charge in [-0.25, -0.2) is 4.79 Å². The molecule has 3 heteroatoms. The Kier molecular flexibility index (Phi) is 4.82. The van der Waals surface area contributed by atoms with Gasteiger partial charge in [0.2, 0.25) is 0 Å². The molecule has 1 atom stereocenters. The van der Waals surface area contributed by atoms with E-state index in [-0.39, 0.29) is 5.97 Å². The number of piperidine rings is 1. The van der Waals surface area contributed by atoms with E-state index in [4.69, 9.17) is 4.74 Å². The number of rotatable bonds is 4. The van der Waals surface area contributed by atoms with Crippen molar-refractivity contribution in [3.63, 3.8) is 0 Å². The van der Waals surface area contributed by atoms with Crippen molar-refractivity contribution in [3.05, 3.63) is 12.2 Å². The van der Waals surface area contributed by atoms with Crippen LogP contribution in [0.1, 0.15) is 33.1 Å². The molecule has 0 aromatic carbocycles. The molecule has 1 rings (SSSR count). The van der Waals surface area contributed by atoms with Crippen molar-refractivity contribution < 1.29 is 9.53 Å². The minimum Gasteiger partial charge on any atom is -0.463 e. The highest BCUT2D eigenvalue weighted by Gasteiger charge is 2.20. The van der Waals surface area contributed by atoms with Gasteiger partial charge in [-0.15, -0.1) is 0 Å². The summed E-state index contributed by atoms with van der Waals surface area (Å²) in [5.41, 5.74) is 0.575. The Bertz CT molecular complexity index is 238. The van der Waals surface area contributed by atoms with Crippen molar-refractivity contribution in [2.75, 3.05) is 19.7 Å². The lowest BCUT2D eigenvalue weighted by atomic mass is 10.0. The van der Waals surface area contributed by atoms with Crippen LogP contribution in [0.25, 0.3) is 0 Å². The van der Waals surface area contributed by atoms with Crippen molar-refractivity contribution >= 4 is 5.97 Å². The summed E-state index contributed by atoms with van der Waals surface area (Å²) in [4.78, 5) is 13.7. The number of hydrogen-bond acceptors (Lipinski definition) is 3. The zero-order chi connectivity index (χ0) is 11.3. The summed E-state index contributed by atoms with van der Waals surface area (Å²) in [7, 11) is 0. The first kappa shape index (κ1) is 12.2. The molecule has 1 aliphatic heterocycles. The first-order valence-electron chi connectivity index (χ1n) is 5.74. The summed E-state index contributed by atoms with van der Waals surface area (Å²) < 4.78 is 4.92. The minimum absolute atomic E-state index is 0.254. The highest BCUT2D eigenvalue weighted by Crippen LogP contribution is 2.17. The molecule has 1 saturated heterocycles. The van der Waals surface area contributed by atoms with Crippen molar-refractivity contribution in [1.82, 2.24) is 4.90 Å². The summed E-state index contributed by atoms with van der Waals surface area (Å²) in [6.07, 6.45) is 3.74. The van der Waals surface area contributed by atoms with Crippen LogP contribution in [0.5, 0.6) is 0 Å². The number of ether oxygens (including phenoxy) is 1. The van der Waals surface area contributed by atoms with Crippen LogP contribution < -0.4 is 0 Å². The van der Waals surface area contributed by atoms with Crippen molar-refractivity contribution in [3.8, 4) is 0 Å². The molecule has 86 valence electrons. The van der Waals surface area contributed by atoms with E-state index in [1.165, 1.54) is 19.3 Å². The summed E-state index contributed by atoms with van der Waals surface area (Å²) in [5.74, 6) is -0.254. The van der Waals surface area contributed by atoms with Gasteiger partial charge in [0.15, 0.2) is 0 Å². The van der Waals surface area contributed by atoms with Gasteiger partial charge in [-0.3, -0.25) is 4.90 Å². The Morgan fingerprint density at radius 3 is 2.87 bits per heavy atom. The number of likely N-dealkylation sites (tertiary alicyclic amines) is 1. The Hall–Kier alpha value is -0.830. The van der Waals surface area contributed by atoms with Gasteiger partial charge in [0.05, 0.1) is 6.61 Å². The number of carbonyl (C=O) groups is 1. The second kappa shape index (κ2) is 5.91. The first-order valence-corrected chi connectivity index (χ1v) is 5.74. The van der Waals surface area contributed by atoms with Crippen LogP contribution in [0.3, 0.4) is 0 Å². The lowest BCUT2D eigenvalue weighted by molar-refractivity contribution is -0.138. The number of nitrogens with zero attached hydrogens (tertiary/aromatic N) is 1. The fourth-order valence-electron chi connectivity index (χ4n) is 1.94. The van der Waals surface area contributed by atoms with Gasteiger partial charge in [-0.2, -0.15) is 0 Å². The fraction of sp³-hybridized carbons (Fsp3) is 0.750. The molecule has 0 spiro atoms. The summed E-state index contributed by atoms with van der Waals surface area (Å²) in [6.45, 7) is 9.95. The third kappa shape index (κ3) is 3.67. The van der Waals surface area contributed by atoms with Gasteiger partial charge < -0.3 is 4.74 Å². The average Bonchev–Trinajstić information content (AvgIpc) is 2.21. The molecule has 1 aliphatic rings. The zero-order valence-corrected chi connectivity index (χ0v) is 9.79. The second-order valence-corrected chi connectivity index (χ2v) is 4.14. The average molecular weight is 211 g/mol. The highest BCUT2D eigenvalue weighted by atomic mass is 16.5. The SMILES string of the molecule is C=C(CN1CCCCC1C)C(=O)OCC. The minimum atomic E-state index is -0.254. The molecule has 0 aromatic rings. The fourth-order valence-corrected chi connectivity index (χ4v) is 1.94. The van der Waals surface area contributed by atoms with Gasteiger partial charge in [0.25, 0.3) is 0 Å². The Morgan fingerprint density at radius 1 is 1.53 bits per heavy atom. The highest BCUT2D eigenvalue weighted by molar-refractivity contribution is 5.88. The van der Waals surface area contributed by atoms with Crippen LogP contribution in [0.2, 0.25) is 0 Å². The third-order valence-corrected chi connectivity index (χ3v) is 2.90. The van der Waals surface area contributed by atoms with E-state index >= 15 is 0 Å². The maximum absolute atomic E-state index is 11.4. The van der Waals surface area contributed by atoms with Gasteiger partial charge in [-0.1, -0.05) is 13.0 Å². The van der Waals surface area contributed by atoms with Gasteiger partial charge in [-0.05, 0) is 33.2 Å². The second-order valence-electron chi connectivity index (χ2n) is 4.14. The monoisotopic (exact) mass is 211 g/mol. The Balaban J connectivity index is 2.39. The quantitative estimate of drug-likeness (QED) is 0.526. The van der Waals surface area contributed by atoms with Crippen LogP contribution in [-0.4, -0.2) is 36.6 Å². The smallest absolute Gasteiger partial charge is 0.334 e. The normalized spacial score (nSPS) is 22.4. The topological polar surface area (TPSA) is 29.5 Å². The number of hydrogen-bond donors (Lipinski definition) is 0. The standard InChI is InChI=1S/C12H21NO2/c1-4-15-12(14)10(2)9-13-8-6-5-7-11(13)3/h11H,2,4-9H2,1,3H3. The maximum atomic E-state index is 11.4. The van der Waals surface area contributed by atoms with E-state index in [1.54, 1.807) is 0 Å². The van der Waals surface area contributed by atoms with E-state index in [0.717, 1.165) is 6.54 Å². The van der Waals surface area contributed by atoms with E-state index in [0.29, 0.717) is 24.8 Å². The van der Waals surface area contributed by atoms with Gasteiger partial charge in [0, 0.05) is 18.2 Å². The summed E-state index contributed by atoms with van der Waals surface area (Å²) >= 11 is 0. The van der Waals surface area contributed by atoms with Gasteiger partial charge in [0.1, 0.15) is 0 Å². The lowest BCUT2D eigenvalue weighted by Gasteiger charge is -2.33. The van der Waals surface area contributed by atoms with Crippen molar-refractivity contribution in [2.24, 2.45) is 0 Å². The van der Waals surface area contributed by atoms with E-state index in [2.05, 4.69) is 18.4 Å². The molecular formula is C12H21NO2. The molecule has 0 bridgehead atoms. The van der Waals surface area contributed by atoms with E-state index < -0.39 is 0 Å². The number of carbonyl (C=O) groups excluding carboxylic acids is 1. The summed E-state index contributed by atoms with van der Waals surface area (Å²) in [6, 6.07) is 0.560. The Morgan fingerprint density at radius 2 is 2.27 bits per heavy atom. The molecular weight excluding hydrogens is 190 g/mol. The first-order chi connectivity index (χ1) is 7.15. The third-order valence-electron chi connectivity index (χ3n) is 2.90. The van der Waals surface area contributed by atoms with Crippen LogP contribution in [-0.2, 0) is 9.53 Å². The zero-order valence-electron chi connectivity index (χ0n) is 9.79. The molecule has 0 aliphatic carbocycles. The molecule has 0 aromatic heterocycles. The van der Waals surface area contributed by atoms with Crippen LogP contribution >= 0.6 is 0 Å². The van der Waals surface area contributed by atoms with Crippen molar-refractivity contribution in [1.29, 1.82) is 0 Å². The van der Waals surface area contributed by atoms with Crippen molar-refractivity contribution in [2.45, 2.75) is 39.2 Å². The molecule has 0 saturated carbocycles. The van der Waals surface area contributed by atoms with Gasteiger partial charge >= 0.3 is 5.97 Å². The molecule has 0 amide bonds. The molecule has 1 heterocycles. The summed E-state index contributed by atoms with van der Waals surface area (Å²) in [5, 5.41) is 0. The molecule has 3 nitrogen and oxygen atoms in total. The largest absolute Gasteiger partial charge is 0.463 e. The predicted molar refractivity (Wildman–Crippen MR) is 60.7 cm³/mol. The van der Waals surface area contributed by atoms with Crippen LogP contribution in [0.4, 0.5) is 0 Å². The van der Waals surface area contributed by atoms with E-state index in [1.807, 2.05) is 6.92 Å². The molecule has 1 unspecified atom stereocenters. The van der Waals surface area contributed by atoms with Crippen LogP contribution in [0.15, 0.2) is 12.2 Å². The molecule has 0 radical (unpaired) electrons.